The van der Waals surface area contributed by atoms with Gasteiger partial charge in [0.05, 0.1) is 11.0 Å². The fourth-order valence-corrected chi connectivity index (χ4v) is 3.61. The van der Waals surface area contributed by atoms with Gasteiger partial charge in [-0.05, 0) is 39.0 Å². The molecule has 0 bridgehead atoms. The number of likely N-dealkylation sites (tertiary alicyclic amines) is 1. The molecule has 5 heteroatoms. The number of aliphatic hydroxyl groups is 1. The van der Waals surface area contributed by atoms with Crippen LogP contribution in [0.5, 0.6) is 0 Å². The first-order valence-corrected chi connectivity index (χ1v) is 8.08. The van der Waals surface area contributed by atoms with Crippen LogP contribution in [-0.4, -0.2) is 45.7 Å². The Morgan fingerprint density at radius 2 is 1.67 bits per heavy atom. The second-order valence-electron chi connectivity index (χ2n) is 7.05. The van der Waals surface area contributed by atoms with Gasteiger partial charge in [-0.15, -0.1) is 0 Å². The number of nitrogens with zero attached hydrogens (tertiary/aromatic N) is 1. The van der Waals surface area contributed by atoms with Gasteiger partial charge < -0.3 is 15.1 Å². The van der Waals surface area contributed by atoms with E-state index in [1.54, 1.807) is 11.8 Å². The molecule has 1 amide bonds. The zero-order valence-electron chi connectivity index (χ0n) is 12.9. The molecular weight excluding hydrogens is 270 g/mol. The fourth-order valence-electron chi connectivity index (χ4n) is 3.61. The van der Waals surface area contributed by atoms with Crippen LogP contribution >= 0.6 is 0 Å². The lowest BCUT2D eigenvalue weighted by molar-refractivity contribution is -0.156. The molecule has 0 aromatic carbocycles. The zero-order chi connectivity index (χ0) is 15.5. The Morgan fingerprint density at radius 1 is 1.00 bits per heavy atom. The fraction of sp³-hybridized carbons (Fsp3) is 0.875. The van der Waals surface area contributed by atoms with Crippen LogP contribution in [0.4, 0.5) is 0 Å². The molecule has 0 radical (unpaired) electrons. The Balaban J connectivity index is 2.00. The van der Waals surface area contributed by atoms with Gasteiger partial charge in [0, 0.05) is 19.5 Å². The molecule has 1 heterocycles. The molecule has 1 saturated carbocycles. The van der Waals surface area contributed by atoms with Gasteiger partial charge in [-0.1, -0.05) is 19.3 Å². The molecule has 21 heavy (non-hydrogen) atoms. The van der Waals surface area contributed by atoms with Crippen molar-refractivity contribution < 1.29 is 19.8 Å². The highest BCUT2D eigenvalue weighted by Gasteiger charge is 2.42. The average Bonchev–Trinajstić information content (AvgIpc) is 2.60. The molecule has 0 aromatic rings. The Labute approximate surface area is 126 Å². The van der Waals surface area contributed by atoms with E-state index < -0.39 is 17.0 Å². The third kappa shape index (κ3) is 3.96. The van der Waals surface area contributed by atoms with E-state index in [2.05, 4.69) is 0 Å². The second kappa shape index (κ2) is 6.34. The number of carboxylic acid groups (broad SMARTS) is 1. The quantitative estimate of drug-likeness (QED) is 0.837. The number of hydrogen-bond acceptors (Lipinski definition) is 3. The summed E-state index contributed by atoms with van der Waals surface area (Å²) in [6.07, 6.45) is 6.24. The first kappa shape index (κ1) is 16.3. The summed E-state index contributed by atoms with van der Waals surface area (Å²) in [6.45, 7) is 2.97. The van der Waals surface area contributed by atoms with Crippen molar-refractivity contribution >= 4 is 11.9 Å². The standard InChI is InChI=1S/C16H27NO4/c1-15(21)6-5-10-17(11-9-15)13(18)12-16(14(19)20)7-3-2-4-8-16/h21H,2-12H2,1H3,(H,19,20). The lowest BCUT2D eigenvalue weighted by Crippen LogP contribution is -2.41. The van der Waals surface area contributed by atoms with Crippen LogP contribution in [0.15, 0.2) is 0 Å². The maximum atomic E-state index is 12.5. The van der Waals surface area contributed by atoms with Gasteiger partial charge in [-0.3, -0.25) is 9.59 Å². The summed E-state index contributed by atoms with van der Waals surface area (Å²) in [5.41, 5.74) is -1.56. The van der Waals surface area contributed by atoms with Crippen LogP contribution in [-0.2, 0) is 9.59 Å². The minimum atomic E-state index is -0.857. The maximum absolute atomic E-state index is 12.5. The van der Waals surface area contributed by atoms with Crippen LogP contribution < -0.4 is 0 Å². The summed E-state index contributed by atoms with van der Waals surface area (Å²) < 4.78 is 0. The molecule has 5 nitrogen and oxygen atoms in total. The number of carbonyl (C=O) groups is 2. The van der Waals surface area contributed by atoms with Crippen molar-refractivity contribution in [2.24, 2.45) is 5.41 Å². The van der Waals surface area contributed by atoms with Gasteiger partial charge in [0.25, 0.3) is 0 Å². The molecule has 120 valence electrons. The van der Waals surface area contributed by atoms with E-state index in [0.717, 1.165) is 25.7 Å². The van der Waals surface area contributed by atoms with E-state index in [4.69, 9.17) is 0 Å². The highest BCUT2D eigenvalue weighted by molar-refractivity contribution is 5.85. The second-order valence-corrected chi connectivity index (χ2v) is 7.05. The van der Waals surface area contributed by atoms with E-state index in [0.29, 0.717) is 38.8 Å². The molecule has 1 atom stereocenters. The van der Waals surface area contributed by atoms with E-state index >= 15 is 0 Å². The first-order chi connectivity index (χ1) is 9.85. The summed E-state index contributed by atoms with van der Waals surface area (Å²) >= 11 is 0. The van der Waals surface area contributed by atoms with Gasteiger partial charge in [0.2, 0.25) is 5.91 Å². The Morgan fingerprint density at radius 3 is 2.29 bits per heavy atom. The van der Waals surface area contributed by atoms with Crippen molar-refractivity contribution in [3.8, 4) is 0 Å². The minimum Gasteiger partial charge on any atom is -0.481 e. The first-order valence-electron chi connectivity index (χ1n) is 8.08. The number of hydrogen-bond donors (Lipinski definition) is 2. The molecule has 0 aromatic heterocycles. The van der Waals surface area contributed by atoms with Gasteiger partial charge in [-0.2, -0.15) is 0 Å². The Hall–Kier alpha value is -1.10. The van der Waals surface area contributed by atoms with E-state index in [9.17, 15) is 19.8 Å². The number of rotatable bonds is 3. The summed E-state index contributed by atoms with van der Waals surface area (Å²) in [4.78, 5) is 25.9. The van der Waals surface area contributed by atoms with Crippen molar-refractivity contribution in [3.63, 3.8) is 0 Å². The SMILES string of the molecule is CC1(O)CCCN(C(=O)CC2(C(=O)O)CCCCC2)CC1. The van der Waals surface area contributed by atoms with Crippen LogP contribution in [0.2, 0.25) is 0 Å². The van der Waals surface area contributed by atoms with Gasteiger partial charge >= 0.3 is 5.97 Å². The molecule has 1 saturated heterocycles. The zero-order valence-corrected chi connectivity index (χ0v) is 12.9. The molecule has 2 N–H and O–H groups in total. The minimum absolute atomic E-state index is 0.0583. The van der Waals surface area contributed by atoms with Crippen LogP contribution in [0.25, 0.3) is 0 Å². The molecule has 1 aliphatic heterocycles. The van der Waals surface area contributed by atoms with Gasteiger partial charge in [0.1, 0.15) is 0 Å². The van der Waals surface area contributed by atoms with E-state index in [-0.39, 0.29) is 12.3 Å². The van der Waals surface area contributed by atoms with Crippen molar-refractivity contribution in [2.75, 3.05) is 13.1 Å². The molecule has 2 fully saturated rings. The van der Waals surface area contributed by atoms with Crippen LogP contribution in [0.3, 0.4) is 0 Å². The predicted octanol–water partition coefficient (Wildman–Crippen LogP) is 2.18. The summed E-state index contributed by atoms with van der Waals surface area (Å²) in [5.74, 6) is -0.880. The smallest absolute Gasteiger partial charge is 0.310 e. The summed E-state index contributed by atoms with van der Waals surface area (Å²) in [7, 11) is 0. The summed E-state index contributed by atoms with van der Waals surface area (Å²) in [5, 5.41) is 19.6. The lowest BCUT2D eigenvalue weighted by atomic mass is 9.71. The van der Waals surface area contributed by atoms with E-state index in [1.165, 1.54) is 0 Å². The van der Waals surface area contributed by atoms with Gasteiger partial charge in [-0.25, -0.2) is 0 Å². The highest BCUT2D eigenvalue weighted by Crippen LogP contribution is 2.40. The van der Waals surface area contributed by atoms with Gasteiger partial charge in [0.15, 0.2) is 0 Å². The van der Waals surface area contributed by atoms with E-state index in [1.807, 2.05) is 0 Å². The molecule has 2 aliphatic rings. The normalized spacial score (nSPS) is 29.7. The molecular formula is C16H27NO4. The molecule has 0 spiro atoms. The van der Waals surface area contributed by atoms with Crippen molar-refractivity contribution in [3.05, 3.63) is 0 Å². The third-order valence-corrected chi connectivity index (χ3v) is 5.17. The highest BCUT2D eigenvalue weighted by atomic mass is 16.4. The number of carboxylic acids is 1. The van der Waals surface area contributed by atoms with Crippen molar-refractivity contribution in [1.29, 1.82) is 0 Å². The lowest BCUT2D eigenvalue weighted by Gasteiger charge is -2.34. The van der Waals surface area contributed by atoms with Crippen LogP contribution in [0.1, 0.15) is 64.7 Å². The largest absolute Gasteiger partial charge is 0.481 e. The third-order valence-electron chi connectivity index (χ3n) is 5.17. The van der Waals surface area contributed by atoms with Crippen LogP contribution in [0, 0.1) is 5.41 Å². The van der Waals surface area contributed by atoms with Crippen molar-refractivity contribution in [2.45, 2.75) is 70.3 Å². The molecule has 2 rings (SSSR count). The number of aliphatic carboxylic acids is 1. The maximum Gasteiger partial charge on any atom is 0.310 e. The summed E-state index contributed by atoms with van der Waals surface area (Å²) in [6, 6.07) is 0. The average molecular weight is 297 g/mol. The Kier molecular flexibility index (Phi) is 4.91. The Bertz CT molecular complexity index is 399. The number of carbonyl (C=O) groups excluding carboxylic acids is 1. The number of amides is 1. The molecule has 1 aliphatic carbocycles. The predicted molar refractivity (Wildman–Crippen MR) is 78.8 cm³/mol. The molecule has 1 unspecified atom stereocenters. The van der Waals surface area contributed by atoms with Crippen molar-refractivity contribution in [1.82, 2.24) is 4.90 Å². The monoisotopic (exact) mass is 297 g/mol. The topological polar surface area (TPSA) is 77.8 Å².